The summed E-state index contributed by atoms with van der Waals surface area (Å²) in [6, 6.07) is 0. The van der Waals surface area contributed by atoms with E-state index in [0.717, 1.165) is 0 Å². The van der Waals surface area contributed by atoms with Crippen LogP contribution in [0.3, 0.4) is 0 Å². The van der Waals surface area contributed by atoms with E-state index < -0.39 is 49.9 Å². The van der Waals surface area contributed by atoms with E-state index in [9.17, 15) is 19.2 Å². The van der Waals surface area contributed by atoms with Crippen molar-refractivity contribution in [3.8, 4) is 0 Å². The van der Waals surface area contributed by atoms with E-state index in [-0.39, 0.29) is 19.8 Å². The van der Waals surface area contributed by atoms with Gasteiger partial charge in [0.15, 0.2) is 0 Å². The van der Waals surface area contributed by atoms with Gasteiger partial charge in [-0.05, 0) is 0 Å². The van der Waals surface area contributed by atoms with Gasteiger partial charge in [-0.3, -0.25) is 0 Å². The Hall–Kier alpha value is -0.766. The maximum absolute atomic E-state index is 12.5. The van der Waals surface area contributed by atoms with Crippen molar-refractivity contribution in [1.29, 1.82) is 0 Å². The zero-order valence-corrected chi connectivity index (χ0v) is 16.3. The van der Waals surface area contributed by atoms with Crippen LogP contribution in [-0.4, -0.2) is 59.9 Å². The Bertz CT molecular complexity index is 415. The summed E-state index contributed by atoms with van der Waals surface area (Å²) in [5.74, 6) is -0.913. The maximum atomic E-state index is 12.5. The molecule has 0 rings (SSSR count). The van der Waals surface area contributed by atoms with E-state index in [2.05, 4.69) is 0 Å². The molecule has 0 unspecified atom stereocenters. The second kappa shape index (κ2) is 12.6. The topological polar surface area (TPSA) is 105 Å². The Morgan fingerprint density at radius 2 is 1.17 bits per heavy atom. The predicted octanol–water partition coefficient (Wildman–Crippen LogP) is 0.698. The molecular weight excluding hydrogens is 356 g/mol. The molecule has 0 atom stereocenters. The second-order valence-electron chi connectivity index (χ2n) is 4.81. The summed E-state index contributed by atoms with van der Waals surface area (Å²) in [6.07, 6.45) is -1.00. The van der Waals surface area contributed by atoms with Crippen molar-refractivity contribution >= 4 is 19.7 Å². The second-order valence-corrected chi connectivity index (χ2v) is 9.56. The Kier molecular flexibility index (Phi) is 12.2. The summed E-state index contributed by atoms with van der Waals surface area (Å²) < 4.78 is 19.2. The molecular formula is C15H26O8Ti. The number of hydrogen-bond acceptors (Lipinski definition) is 8. The molecule has 0 bridgehead atoms. The predicted molar refractivity (Wildman–Crippen MR) is 80.9 cm³/mol. The van der Waals surface area contributed by atoms with Crippen molar-refractivity contribution in [2.45, 2.75) is 33.6 Å². The van der Waals surface area contributed by atoms with Gasteiger partial charge in [0, 0.05) is 0 Å². The molecule has 0 aromatic heterocycles. The first kappa shape index (κ1) is 23.2. The van der Waals surface area contributed by atoms with Gasteiger partial charge in [0.05, 0.1) is 0 Å². The van der Waals surface area contributed by atoms with Crippen LogP contribution in [0.2, 0.25) is 0 Å². The summed E-state index contributed by atoms with van der Waals surface area (Å²) in [4.78, 5) is 48.5. The normalized spacial score (nSPS) is 11.3. The van der Waals surface area contributed by atoms with Crippen LogP contribution in [0.1, 0.15) is 33.6 Å². The molecule has 0 spiro atoms. The molecule has 9 heteroatoms. The zero-order chi connectivity index (χ0) is 18.6. The van der Waals surface area contributed by atoms with Crippen LogP contribution >= 0.6 is 0 Å². The van der Waals surface area contributed by atoms with Gasteiger partial charge in [0.2, 0.25) is 0 Å². The van der Waals surface area contributed by atoms with Gasteiger partial charge in [-0.2, -0.15) is 0 Å². The van der Waals surface area contributed by atoms with Gasteiger partial charge in [0.25, 0.3) is 0 Å². The van der Waals surface area contributed by atoms with Crippen LogP contribution in [0, 0.1) is 0 Å². The molecule has 0 aromatic rings. The number of ether oxygens (including phenoxy) is 2. The molecule has 0 N–H and O–H groups in total. The summed E-state index contributed by atoms with van der Waals surface area (Å²) in [7, 11) is 1.20. The molecule has 24 heavy (non-hydrogen) atoms. The molecule has 0 aromatic carbocycles. The molecule has 138 valence electrons. The van der Waals surface area contributed by atoms with E-state index in [1.807, 2.05) is 0 Å². The summed E-state index contributed by atoms with van der Waals surface area (Å²) in [5, 5.41) is 0. The van der Waals surface area contributed by atoms with Crippen molar-refractivity contribution in [3.05, 3.63) is 0 Å². The molecule has 8 nitrogen and oxygen atoms in total. The van der Waals surface area contributed by atoms with E-state index in [1.54, 1.807) is 20.8 Å². The Labute approximate surface area is 146 Å². The van der Waals surface area contributed by atoms with E-state index in [4.69, 9.17) is 16.1 Å². The molecule has 0 saturated carbocycles. The minimum absolute atomic E-state index is 0.0740. The number of carbonyl (C=O) groups is 4. The molecule has 0 aliphatic carbocycles. The first-order valence-corrected chi connectivity index (χ1v) is 10.7. The van der Waals surface area contributed by atoms with Crippen LogP contribution < -0.4 is 0 Å². The molecule has 0 aliphatic rings. The standard InChI is InChI=1S/2C6H9O3.C2H5O.CH3O.Ti/c2*1-2-9-5-6(8)3-4-7;1-2-3;1-2;/h2*2-3,5H2,1H3;2H2,1H3;1H3;/q;;2*-1;+2. The van der Waals surface area contributed by atoms with Crippen molar-refractivity contribution < 1.29 is 52.7 Å². The van der Waals surface area contributed by atoms with Crippen LogP contribution in [-0.2, 0) is 52.7 Å². The van der Waals surface area contributed by atoms with Crippen molar-refractivity contribution in [2.75, 3.05) is 40.1 Å². The molecule has 0 fully saturated rings. The average molecular weight is 382 g/mol. The fourth-order valence-electron chi connectivity index (χ4n) is 1.93. The van der Waals surface area contributed by atoms with Gasteiger partial charge in [-0.15, -0.1) is 0 Å². The number of ketones is 2. The molecule has 0 radical (unpaired) electrons. The van der Waals surface area contributed by atoms with Gasteiger partial charge < -0.3 is 0 Å². The molecule has 0 amide bonds. The van der Waals surface area contributed by atoms with Crippen LogP contribution in [0.5, 0.6) is 0 Å². The van der Waals surface area contributed by atoms with E-state index in [0.29, 0.717) is 13.2 Å². The van der Waals surface area contributed by atoms with E-state index in [1.165, 1.54) is 7.11 Å². The van der Waals surface area contributed by atoms with Gasteiger partial charge >= 0.3 is 146 Å². The quantitative estimate of drug-likeness (QED) is 0.301. The van der Waals surface area contributed by atoms with Crippen LogP contribution in [0.25, 0.3) is 0 Å². The third-order valence-electron chi connectivity index (χ3n) is 3.02. The minimum atomic E-state index is -4.62. The first-order valence-electron chi connectivity index (χ1n) is 7.82. The third-order valence-corrected chi connectivity index (χ3v) is 7.85. The third kappa shape index (κ3) is 7.42. The SMILES string of the molecule is CCOCC(=O)C[C](=O)[Ti]([O]C)([O]CC)[C](=O)CC(=O)COCC. The fraction of sp³-hybridized carbons (Fsp3) is 0.733. The van der Waals surface area contributed by atoms with Gasteiger partial charge in [-0.1, -0.05) is 0 Å². The fourth-order valence-corrected chi connectivity index (χ4v) is 5.79. The Balaban J connectivity index is 5.10. The van der Waals surface area contributed by atoms with Crippen molar-refractivity contribution in [3.63, 3.8) is 0 Å². The number of hydrogen-bond donors (Lipinski definition) is 0. The summed E-state index contributed by atoms with van der Waals surface area (Å²) in [5.41, 5.74) is 0. The van der Waals surface area contributed by atoms with Crippen molar-refractivity contribution in [1.82, 2.24) is 0 Å². The molecule has 0 aliphatic heterocycles. The average Bonchev–Trinajstić information content (AvgIpc) is 2.55. The Morgan fingerprint density at radius 1 is 0.750 bits per heavy atom. The monoisotopic (exact) mass is 382 g/mol. The zero-order valence-electron chi connectivity index (χ0n) is 14.7. The van der Waals surface area contributed by atoms with Gasteiger partial charge in [-0.25, -0.2) is 0 Å². The van der Waals surface area contributed by atoms with Crippen LogP contribution in [0.15, 0.2) is 0 Å². The van der Waals surface area contributed by atoms with E-state index >= 15 is 0 Å². The van der Waals surface area contributed by atoms with Crippen molar-refractivity contribution in [2.24, 2.45) is 0 Å². The number of Topliss-reactive ketones (excluding diaryl/α,β-unsaturated/α-hetero) is 2. The van der Waals surface area contributed by atoms with Crippen LogP contribution in [0.4, 0.5) is 0 Å². The summed E-state index contributed by atoms with van der Waals surface area (Å²) in [6.45, 7) is 5.39. The van der Waals surface area contributed by atoms with Gasteiger partial charge in [0.1, 0.15) is 0 Å². The first-order chi connectivity index (χ1) is 11.4. The summed E-state index contributed by atoms with van der Waals surface area (Å²) >= 11 is -4.62. The Morgan fingerprint density at radius 3 is 1.46 bits per heavy atom. The number of rotatable bonds is 15. The molecule has 0 saturated heterocycles. The number of carbonyl (C=O) groups excluding carboxylic acids is 4. The molecule has 0 heterocycles.